The summed E-state index contributed by atoms with van der Waals surface area (Å²) >= 11 is 1.61. The molecule has 0 amide bonds. The zero-order valence-electron chi connectivity index (χ0n) is 11.4. The van der Waals surface area contributed by atoms with Gasteiger partial charge in [-0.2, -0.15) is 0 Å². The first-order valence-electron chi connectivity index (χ1n) is 6.58. The summed E-state index contributed by atoms with van der Waals surface area (Å²) in [4.78, 5) is 4.71. The number of rotatable bonds is 3. The second-order valence-corrected chi connectivity index (χ2v) is 5.64. The predicted molar refractivity (Wildman–Crippen MR) is 81.3 cm³/mol. The van der Waals surface area contributed by atoms with Gasteiger partial charge in [-0.3, -0.25) is 4.40 Å². The fourth-order valence-corrected chi connectivity index (χ4v) is 3.19. The maximum atomic E-state index is 5.37. The van der Waals surface area contributed by atoms with Gasteiger partial charge in [-0.1, -0.05) is 23.9 Å². The lowest BCUT2D eigenvalue weighted by molar-refractivity contribution is 0.530. The highest BCUT2D eigenvalue weighted by Crippen LogP contribution is 2.28. The molecular formula is C15H12N4OS. The summed E-state index contributed by atoms with van der Waals surface area (Å²) in [6.45, 7) is 1.95. The second-order valence-electron chi connectivity index (χ2n) is 4.68. The molecule has 0 bridgehead atoms. The van der Waals surface area contributed by atoms with Crippen LogP contribution in [0.5, 0.6) is 0 Å². The van der Waals surface area contributed by atoms with Gasteiger partial charge in [0.05, 0.1) is 23.0 Å². The third-order valence-electron chi connectivity index (χ3n) is 3.29. The third-order valence-corrected chi connectivity index (χ3v) is 4.27. The van der Waals surface area contributed by atoms with E-state index in [1.54, 1.807) is 18.0 Å². The lowest BCUT2D eigenvalue weighted by atomic mass is 10.3. The van der Waals surface area contributed by atoms with E-state index in [0.29, 0.717) is 0 Å². The topological polar surface area (TPSA) is 56.2 Å². The number of nitrogens with zero attached hydrogens (tertiary/aromatic N) is 4. The first kappa shape index (κ1) is 12.4. The molecule has 0 radical (unpaired) electrons. The Labute approximate surface area is 125 Å². The van der Waals surface area contributed by atoms with Gasteiger partial charge in [-0.05, 0) is 31.2 Å². The summed E-state index contributed by atoms with van der Waals surface area (Å²) < 4.78 is 7.42. The van der Waals surface area contributed by atoms with Crippen LogP contribution >= 0.6 is 11.8 Å². The van der Waals surface area contributed by atoms with E-state index in [9.17, 15) is 0 Å². The number of benzene rings is 1. The van der Waals surface area contributed by atoms with Crippen molar-refractivity contribution < 1.29 is 4.42 Å². The maximum absolute atomic E-state index is 5.37. The Bertz CT molecular complexity index is 914. The van der Waals surface area contributed by atoms with Crippen LogP contribution in [0.2, 0.25) is 0 Å². The van der Waals surface area contributed by atoms with E-state index in [1.165, 1.54) is 0 Å². The van der Waals surface area contributed by atoms with Crippen molar-refractivity contribution in [3.63, 3.8) is 0 Å². The van der Waals surface area contributed by atoms with Crippen LogP contribution in [-0.4, -0.2) is 19.6 Å². The summed E-state index contributed by atoms with van der Waals surface area (Å²) in [5.41, 5.74) is 2.76. The maximum Gasteiger partial charge on any atom is 0.193 e. The van der Waals surface area contributed by atoms with Gasteiger partial charge >= 0.3 is 0 Å². The van der Waals surface area contributed by atoms with Crippen molar-refractivity contribution >= 4 is 28.4 Å². The summed E-state index contributed by atoms with van der Waals surface area (Å²) in [6.07, 6.45) is 1.68. The molecule has 0 atom stereocenters. The molecule has 0 saturated heterocycles. The molecule has 3 aromatic heterocycles. The van der Waals surface area contributed by atoms with E-state index in [-0.39, 0.29) is 0 Å². The molecule has 21 heavy (non-hydrogen) atoms. The molecular weight excluding hydrogens is 284 g/mol. The Kier molecular flexibility index (Phi) is 2.89. The molecule has 0 unspecified atom stereocenters. The van der Waals surface area contributed by atoms with Crippen LogP contribution in [0.1, 0.15) is 11.6 Å². The van der Waals surface area contributed by atoms with Crippen molar-refractivity contribution in [1.82, 2.24) is 19.6 Å². The van der Waals surface area contributed by atoms with Crippen molar-refractivity contribution in [3.05, 3.63) is 54.2 Å². The highest BCUT2D eigenvalue weighted by atomic mass is 32.2. The third kappa shape index (κ3) is 2.08. The molecule has 6 heteroatoms. The van der Waals surface area contributed by atoms with Gasteiger partial charge in [-0.25, -0.2) is 4.98 Å². The molecule has 1 aromatic carbocycles. The first-order valence-corrected chi connectivity index (χ1v) is 7.57. The summed E-state index contributed by atoms with van der Waals surface area (Å²) in [7, 11) is 0. The average molecular weight is 296 g/mol. The number of thioether (sulfide) groups is 1. The SMILES string of the molecule is Cc1nnc2c(SCc3ccco3)nc3ccccc3n12. The monoisotopic (exact) mass is 296 g/mol. The highest BCUT2D eigenvalue weighted by Gasteiger charge is 2.13. The number of aromatic nitrogens is 4. The molecule has 5 nitrogen and oxygen atoms in total. The molecule has 0 saturated carbocycles. The smallest absolute Gasteiger partial charge is 0.193 e. The minimum absolute atomic E-state index is 0.722. The van der Waals surface area contributed by atoms with Crippen LogP contribution in [0.25, 0.3) is 16.7 Å². The van der Waals surface area contributed by atoms with Crippen LogP contribution < -0.4 is 0 Å². The Morgan fingerprint density at radius 3 is 2.90 bits per heavy atom. The van der Waals surface area contributed by atoms with Gasteiger partial charge < -0.3 is 4.42 Å². The molecule has 0 aliphatic carbocycles. The first-order chi connectivity index (χ1) is 10.3. The lowest BCUT2D eigenvalue weighted by Crippen LogP contribution is -1.96. The Hall–Kier alpha value is -2.34. The van der Waals surface area contributed by atoms with E-state index in [2.05, 4.69) is 10.2 Å². The molecule has 4 aromatic rings. The number of hydrogen-bond donors (Lipinski definition) is 0. The van der Waals surface area contributed by atoms with Crippen LogP contribution in [-0.2, 0) is 5.75 Å². The largest absolute Gasteiger partial charge is 0.468 e. The summed E-state index contributed by atoms with van der Waals surface area (Å²) in [5, 5.41) is 9.32. The van der Waals surface area contributed by atoms with Crippen molar-refractivity contribution in [3.8, 4) is 0 Å². The standard InChI is InChI=1S/C15H12N4OS/c1-10-17-18-14-15(21-9-11-5-4-8-20-11)16-12-6-2-3-7-13(12)19(10)14/h2-8H,9H2,1H3. The molecule has 0 aliphatic rings. The van der Waals surface area contributed by atoms with E-state index < -0.39 is 0 Å². The quantitative estimate of drug-likeness (QED) is 0.542. The van der Waals surface area contributed by atoms with Crippen molar-refractivity contribution in [2.75, 3.05) is 0 Å². The van der Waals surface area contributed by atoms with Gasteiger partial charge in [0.25, 0.3) is 0 Å². The minimum atomic E-state index is 0.722. The summed E-state index contributed by atoms with van der Waals surface area (Å²) in [6, 6.07) is 11.9. The molecule has 0 N–H and O–H groups in total. The van der Waals surface area contributed by atoms with Crippen molar-refractivity contribution in [2.24, 2.45) is 0 Å². The summed E-state index contributed by atoms with van der Waals surface area (Å²) in [5.74, 6) is 2.51. The molecule has 4 rings (SSSR count). The Balaban J connectivity index is 1.86. The fraction of sp³-hybridized carbons (Fsp3) is 0.133. The number of hydrogen-bond acceptors (Lipinski definition) is 5. The van der Waals surface area contributed by atoms with Crippen LogP contribution in [0.3, 0.4) is 0 Å². The number of furan rings is 1. The number of para-hydroxylation sites is 2. The molecule has 104 valence electrons. The zero-order chi connectivity index (χ0) is 14.2. The predicted octanol–water partition coefficient (Wildman–Crippen LogP) is 3.47. The van der Waals surface area contributed by atoms with Crippen molar-refractivity contribution in [1.29, 1.82) is 0 Å². The van der Waals surface area contributed by atoms with E-state index in [4.69, 9.17) is 9.40 Å². The fourth-order valence-electron chi connectivity index (χ4n) is 2.33. The Morgan fingerprint density at radius 1 is 1.14 bits per heavy atom. The van der Waals surface area contributed by atoms with Gasteiger partial charge in [0.2, 0.25) is 0 Å². The minimum Gasteiger partial charge on any atom is -0.468 e. The number of aryl methyl sites for hydroxylation is 1. The Morgan fingerprint density at radius 2 is 2.05 bits per heavy atom. The van der Waals surface area contributed by atoms with Gasteiger partial charge in [0.1, 0.15) is 16.6 Å². The molecule has 0 aliphatic heterocycles. The molecule has 3 heterocycles. The van der Waals surface area contributed by atoms with Crippen molar-refractivity contribution in [2.45, 2.75) is 17.7 Å². The molecule has 0 spiro atoms. The van der Waals surface area contributed by atoms with Gasteiger partial charge in [0, 0.05) is 0 Å². The highest BCUT2D eigenvalue weighted by molar-refractivity contribution is 7.98. The average Bonchev–Trinajstić information content (AvgIpc) is 3.15. The second kappa shape index (κ2) is 4.89. The zero-order valence-corrected chi connectivity index (χ0v) is 12.2. The van der Waals surface area contributed by atoms with Crippen LogP contribution in [0.15, 0.2) is 52.1 Å². The lowest BCUT2D eigenvalue weighted by Gasteiger charge is -2.06. The van der Waals surface area contributed by atoms with E-state index >= 15 is 0 Å². The van der Waals surface area contributed by atoms with E-state index in [1.807, 2.05) is 47.7 Å². The number of fused-ring (bicyclic) bond motifs is 3. The van der Waals surface area contributed by atoms with E-state index in [0.717, 1.165) is 39.0 Å². The van der Waals surface area contributed by atoms with Gasteiger partial charge in [0.15, 0.2) is 5.65 Å². The van der Waals surface area contributed by atoms with Crippen LogP contribution in [0, 0.1) is 6.92 Å². The van der Waals surface area contributed by atoms with Crippen LogP contribution in [0.4, 0.5) is 0 Å². The molecule has 0 fully saturated rings. The van der Waals surface area contributed by atoms with Gasteiger partial charge in [-0.15, -0.1) is 10.2 Å². The normalized spacial score (nSPS) is 11.5.